The second-order valence-corrected chi connectivity index (χ2v) is 9.33. The fourth-order valence-electron chi connectivity index (χ4n) is 3.60. The number of hydrogen-bond donors (Lipinski definition) is 7. The average molecular weight is 522 g/mol. The van der Waals surface area contributed by atoms with E-state index in [0.29, 0.717) is 25.8 Å². The highest BCUT2D eigenvalue weighted by atomic mass is 16.4. The van der Waals surface area contributed by atoms with E-state index in [9.17, 15) is 29.1 Å². The number of benzene rings is 1. The van der Waals surface area contributed by atoms with Gasteiger partial charge in [0.25, 0.3) is 0 Å². The van der Waals surface area contributed by atoms with Gasteiger partial charge in [-0.1, -0.05) is 50.6 Å². The van der Waals surface area contributed by atoms with E-state index in [1.807, 2.05) is 19.9 Å². The number of aliphatic carboxylic acids is 2. The smallest absolute Gasteiger partial charge is 0.326 e. The minimum atomic E-state index is -1.66. The van der Waals surface area contributed by atoms with Crippen LogP contribution in [0.4, 0.5) is 0 Å². The number of carbonyl (C=O) groups excluding carboxylic acids is 3. The van der Waals surface area contributed by atoms with E-state index in [2.05, 4.69) is 16.0 Å². The van der Waals surface area contributed by atoms with Crippen molar-refractivity contribution in [1.82, 2.24) is 16.0 Å². The predicted molar refractivity (Wildman–Crippen MR) is 136 cm³/mol. The van der Waals surface area contributed by atoms with Crippen LogP contribution in [0.15, 0.2) is 30.3 Å². The minimum Gasteiger partial charge on any atom is -0.481 e. The fourth-order valence-corrected chi connectivity index (χ4v) is 3.60. The number of rotatable bonds is 17. The average Bonchev–Trinajstić information content (AvgIpc) is 2.82. The Labute approximate surface area is 216 Å². The Morgan fingerprint density at radius 3 is 1.95 bits per heavy atom. The van der Waals surface area contributed by atoms with E-state index >= 15 is 0 Å². The van der Waals surface area contributed by atoms with E-state index in [1.165, 1.54) is 0 Å². The molecule has 1 aromatic rings. The van der Waals surface area contributed by atoms with E-state index in [4.69, 9.17) is 16.6 Å². The monoisotopic (exact) mass is 521 g/mol. The SMILES string of the molecule is CC(C)CC(NC(=O)C(Cc1ccccc1)NC(=O)C(N)CCCCN)C(=O)NC(CC(=O)O)C(=O)O. The quantitative estimate of drug-likeness (QED) is 0.134. The molecular weight excluding hydrogens is 482 g/mol. The first-order valence-electron chi connectivity index (χ1n) is 12.3. The zero-order valence-corrected chi connectivity index (χ0v) is 21.3. The number of unbranched alkanes of at least 4 members (excludes halogenated alkanes) is 1. The summed E-state index contributed by atoms with van der Waals surface area (Å²) in [7, 11) is 0. The summed E-state index contributed by atoms with van der Waals surface area (Å²) in [6.07, 6.45) is 1.21. The second kappa shape index (κ2) is 16.3. The molecule has 0 aromatic heterocycles. The molecular formula is C25H39N5O7. The molecule has 12 heteroatoms. The lowest BCUT2D eigenvalue weighted by Crippen LogP contribution is -2.58. The molecule has 0 aliphatic heterocycles. The molecule has 12 nitrogen and oxygen atoms in total. The lowest BCUT2D eigenvalue weighted by Gasteiger charge is -2.26. The summed E-state index contributed by atoms with van der Waals surface area (Å²) in [4.78, 5) is 61.3. The molecule has 206 valence electrons. The van der Waals surface area contributed by atoms with Crippen LogP contribution in [0, 0.1) is 5.92 Å². The lowest BCUT2D eigenvalue weighted by molar-refractivity contribution is -0.147. The van der Waals surface area contributed by atoms with Crippen LogP contribution in [0.2, 0.25) is 0 Å². The van der Waals surface area contributed by atoms with E-state index in [1.54, 1.807) is 24.3 Å². The number of carboxylic acid groups (broad SMARTS) is 2. The predicted octanol–water partition coefficient (Wildman–Crippen LogP) is -0.255. The van der Waals surface area contributed by atoms with Gasteiger partial charge in [0.2, 0.25) is 17.7 Å². The van der Waals surface area contributed by atoms with Gasteiger partial charge >= 0.3 is 11.9 Å². The molecule has 9 N–H and O–H groups in total. The van der Waals surface area contributed by atoms with Gasteiger partial charge in [-0.3, -0.25) is 19.2 Å². The molecule has 3 amide bonds. The highest BCUT2D eigenvalue weighted by molar-refractivity contribution is 5.94. The molecule has 0 aliphatic rings. The van der Waals surface area contributed by atoms with E-state index in [0.717, 1.165) is 5.56 Å². The van der Waals surface area contributed by atoms with Crippen molar-refractivity contribution in [3.05, 3.63) is 35.9 Å². The maximum absolute atomic E-state index is 13.3. The van der Waals surface area contributed by atoms with Crippen LogP contribution in [-0.2, 0) is 30.4 Å². The molecule has 0 radical (unpaired) electrons. The highest BCUT2D eigenvalue weighted by Crippen LogP contribution is 2.09. The Balaban J connectivity index is 3.07. The Hall–Kier alpha value is -3.51. The Morgan fingerprint density at radius 2 is 1.41 bits per heavy atom. The van der Waals surface area contributed by atoms with Crippen LogP contribution < -0.4 is 27.4 Å². The van der Waals surface area contributed by atoms with Crippen LogP contribution in [-0.4, -0.2) is 70.6 Å². The number of hydrogen-bond acceptors (Lipinski definition) is 7. The number of amides is 3. The third kappa shape index (κ3) is 12.3. The summed E-state index contributed by atoms with van der Waals surface area (Å²) in [5, 5.41) is 25.7. The highest BCUT2D eigenvalue weighted by Gasteiger charge is 2.31. The first-order chi connectivity index (χ1) is 17.4. The van der Waals surface area contributed by atoms with E-state index < -0.39 is 60.2 Å². The normalized spacial score (nSPS) is 14.2. The third-order valence-corrected chi connectivity index (χ3v) is 5.56. The Kier molecular flexibility index (Phi) is 13.9. The molecule has 0 saturated carbocycles. The molecule has 1 aromatic carbocycles. The van der Waals surface area contributed by atoms with Gasteiger partial charge in [0.05, 0.1) is 12.5 Å². The van der Waals surface area contributed by atoms with Crippen molar-refractivity contribution in [2.24, 2.45) is 17.4 Å². The maximum Gasteiger partial charge on any atom is 0.326 e. The van der Waals surface area contributed by atoms with Gasteiger partial charge in [-0.15, -0.1) is 0 Å². The van der Waals surface area contributed by atoms with Gasteiger partial charge in [-0.2, -0.15) is 0 Å². The fraction of sp³-hybridized carbons (Fsp3) is 0.560. The third-order valence-electron chi connectivity index (χ3n) is 5.56. The maximum atomic E-state index is 13.3. The van der Waals surface area contributed by atoms with Crippen molar-refractivity contribution in [3.63, 3.8) is 0 Å². The number of nitrogens with two attached hydrogens (primary N) is 2. The van der Waals surface area contributed by atoms with Crippen molar-refractivity contribution in [3.8, 4) is 0 Å². The van der Waals surface area contributed by atoms with Gasteiger partial charge in [0, 0.05) is 6.42 Å². The van der Waals surface area contributed by atoms with Crippen molar-refractivity contribution in [2.75, 3.05) is 6.54 Å². The Morgan fingerprint density at radius 1 is 0.838 bits per heavy atom. The van der Waals surface area contributed by atoms with Gasteiger partial charge < -0.3 is 37.6 Å². The summed E-state index contributed by atoms with van der Waals surface area (Å²) in [6, 6.07) is 4.22. The summed E-state index contributed by atoms with van der Waals surface area (Å²) < 4.78 is 0. The zero-order valence-electron chi connectivity index (χ0n) is 21.3. The summed E-state index contributed by atoms with van der Waals surface area (Å²) >= 11 is 0. The number of nitrogens with one attached hydrogen (secondary N) is 3. The van der Waals surface area contributed by atoms with Gasteiger partial charge in [0.1, 0.15) is 18.1 Å². The van der Waals surface area contributed by atoms with Crippen molar-refractivity contribution >= 4 is 29.7 Å². The minimum absolute atomic E-state index is 0.0723. The molecule has 0 heterocycles. The molecule has 1 rings (SSSR count). The van der Waals surface area contributed by atoms with Crippen molar-refractivity contribution in [2.45, 2.75) is 76.5 Å². The molecule has 4 unspecified atom stereocenters. The van der Waals surface area contributed by atoms with Gasteiger partial charge in [0.15, 0.2) is 0 Å². The molecule has 4 atom stereocenters. The molecule has 37 heavy (non-hydrogen) atoms. The van der Waals surface area contributed by atoms with Gasteiger partial charge in [-0.05, 0) is 37.3 Å². The molecule has 0 bridgehead atoms. The first-order valence-corrected chi connectivity index (χ1v) is 12.3. The second-order valence-electron chi connectivity index (χ2n) is 9.33. The first kappa shape index (κ1) is 31.5. The Bertz CT molecular complexity index is 910. The molecule has 0 aliphatic carbocycles. The lowest BCUT2D eigenvalue weighted by atomic mass is 10.00. The molecule has 0 spiro atoms. The van der Waals surface area contributed by atoms with E-state index in [-0.39, 0.29) is 18.8 Å². The van der Waals surface area contributed by atoms with Crippen LogP contribution in [0.25, 0.3) is 0 Å². The van der Waals surface area contributed by atoms with Crippen LogP contribution in [0.1, 0.15) is 51.5 Å². The van der Waals surface area contributed by atoms with Crippen LogP contribution in [0.5, 0.6) is 0 Å². The number of carbonyl (C=O) groups is 5. The topological polar surface area (TPSA) is 214 Å². The van der Waals surface area contributed by atoms with Crippen LogP contribution >= 0.6 is 0 Å². The largest absolute Gasteiger partial charge is 0.481 e. The standard InChI is InChI=1S/C25H39N5O7/c1-15(2)12-18(23(34)30-20(25(36)37)14-21(31)32)29-24(35)19(13-16-8-4-3-5-9-16)28-22(33)17(27)10-6-7-11-26/h3-5,8-9,15,17-20H,6-7,10-14,26-27H2,1-2H3,(H,28,33)(H,29,35)(H,30,34)(H,31,32)(H,36,37). The van der Waals surface area contributed by atoms with Crippen molar-refractivity contribution in [1.29, 1.82) is 0 Å². The number of carboxylic acids is 2. The van der Waals surface area contributed by atoms with Crippen LogP contribution in [0.3, 0.4) is 0 Å². The molecule has 0 saturated heterocycles. The summed E-state index contributed by atoms with van der Waals surface area (Å²) in [5.41, 5.74) is 12.2. The summed E-state index contributed by atoms with van der Waals surface area (Å²) in [6.45, 7) is 4.09. The molecule has 0 fully saturated rings. The van der Waals surface area contributed by atoms with Gasteiger partial charge in [-0.25, -0.2) is 4.79 Å². The summed E-state index contributed by atoms with van der Waals surface area (Å²) in [5.74, 6) is -4.99. The zero-order chi connectivity index (χ0) is 28.0. The van der Waals surface area contributed by atoms with Crippen molar-refractivity contribution < 1.29 is 34.2 Å².